The fourth-order valence-corrected chi connectivity index (χ4v) is 3.16. The molecule has 0 aliphatic heterocycles. The molecule has 0 heterocycles. The standard InChI is InChI=1S/C21H23NO2/c1-2-15-6-10-19(11-7-15)22-21(24)13-12-20(23)18-9-8-16-4-3-5-17(16)14-18/h6-11,14H,2-5,12-13H2,1H3,(H,22,24). The Balaban J connectivity index is 1.52. The van der Waals surface area contributed by atoms with Gasteiger partial charge < -0.3 is 5.32 Å². The molecule has 2 aromatic carbocycles. The number of hydrogen-bond donors (Lipinski definition) is 1. The smallest absolute Gasteiger partial charge is 0.224 e. The maximum absolute atomic E-state index is 12.3. The number of anilines is 1. The maximum Gasteiger partial charge on any atom is 0.224 e. The van der Waals surface area contributed by atoms with Crippen LogP contribution in [-0.4, -0.2) is 11.7 Å². The third-order valence-electron chi connectivity index (χ3n) is 4.65. The molecule has 0 radical (unpaired) electrons. The quantitative estimate of drug-likeness (QED) is 0.805. The normalized spacial score (nSPS) is 12.7. The van der Waals surface area contributed by atoms with Crippen molar-refractivity contribution in [2.75, 3.05) is 5.32 Å². The minimum absolute atomic E-state index is 0.0428. The van der Waals surface area contributed by atoms with Crippen LogP contribution in [0.25, 0.3) is 0 Å². The topological polar surface area (TPSA) is 46.2 Å². The summed E-state index contributed by atoms with van der Waals surface area (Å²) in [4.78, 5) is 24.3. The Morgan fingerprint density at radius 3 is 2.46 bits per heavy atom. The summed E-state index contributed by atoms with van der Waals surface area (Å²) in [6, 6.07) is 13.8. The van der Waals surface area contributed by atoms with Gasteiger partial charge in [-0.05, 0) is 60.6 Å². The van der Waals surface area contributed by atoms with Crippen LogP contribution in [0.3, 0.4) is 0 Å². The lowest BCUT2D eigenvalue weighted by atomic mass is 10.0. The Labute approximate surface area is 143 Å². The van der Waals surface area contributed by atoms with E-state index in [0.717, 1.165) is 30.5 Å². The summed E-state index contributed by atoms with van der Waals surface area (Å²) in [7, 11) is 0. The molecule has 0 aromatic heterocycles. The number of Topliss-reactive ketones (excluding diaryl/α,β-unsaturated/α-hetero) is 1. The fourth-order valence-electron chi connectivity index (χ4n) is 3.16. The predicted molar refractivity (Wildman–Crippen MR) is 96.5 cm³/mol. The number of benzene rings is 2. The lowest BCUT2D eigenvalue weighted by molar-refractivity contribution is -0.116. The van der Waals surface area contributed by atoms with Crippen molar-refractivity contribution < 1.29 is 9.59 Å². The number of nitrogens with one attached hydrogen (secondary N) is 1. The molecule has 3 heteroatoms. The summed E-state index contributed by atoms with van der Waals surface area (Å²) in [5, 5.41) is 2.85. The van der Waals surface area contributed by atoms with E-state index in [9.17, 15) is 9.59 Å². The summed E-state index contributed by atoms with van der Waals surface area (Å²) in [5.74, 6) is -0.0741. The second-order valence-corrected chi connectivity index (χ2v) is 6.36. The minimum atomic E-state index is -0.117. The van der Waals surface area contributed by atoms with Gasteiger partial charge in [-0.15, -0.1) is 0 Å². The van der Waals surface area contributed by atoms with Crippen molar-refractivity contribution in [3.05, 3.63) is 64.7 Å². The highest BCUT2D eigenvalue weighted by Crippen LogP contribution is 2.23. The van der Waals surface area contributed by atoms with Gasteiger partial charge in [-0.1, -0.05) is 31.2 Å². The van der Waals surface area contributed by atoms with Gasteiger partial charge in [0.25, 0.3) is 0 Å². The van der Waals surface area contributed by atoms with E-state index in [2.05, 4.69) is 18.3 Å². The molecule has 1 N–H and O–H groups in total. The Kier molecular flexibility index (Phi) is 5.09. The Hall–Kier alpha value is -2.42. The molecule has 124 valence electrons. The Bertz CT molecular complexity index is 747. The molecule has 0 atom stereocenters. The van der Waals surface area contributed by atoms with Crippen LogP contribution in [0.4, 0.5) is 5.69 Å². The van der Waals surface area contributed by atoms with Gasteiger partial charge in [-0.25, -0.2) is 0 Å². The summed E-state index contributed by atoms with van der Waals surface area (Å²) in [6.07, 6.45) is 4.78. The van der Waals surface area contributed by atoms with Gasteiger partial charge in [0.1, 0.15) is 0 Å². The maximum atomic E-state index is 12.3. The lowest BCUT2D eigenvalue weighted by Gasteiger charge is -2.07. The van der Waals surface area contributed by atoms with Crippen molar-refractivity contribution in [3.8, 4) is 0 Å². The van der Waals surface area contributed by atoms with Crippen molar-refractivity contribution in [1.29, 1.82) is 0 Å². The zero-order chi connectivity index (χ0) is 16.9. The lowest BCUT2D eigenvalue weighted by Crippen LogP contribution is -2.13. The molecule has 1 amide bonds. The van der Waals surface area contributed by atoms with E-state index in [1.165, 1.54) is 23.1 Å². The number of carbonyl (C=O) groups excluding carboxylic acids is 2. The molecule has 2 aromatic rings. The molecule has 1 aliphatic rings. The largest absolute Gasteiger partial charge is 0.326 e. The number of hydrogen-bond acceptors (Lipinski definition) is 2. The molecule has 3 rings (SSSR count). The van der Waals surface area contributed by atoms with Crippen molar-refractivity contribution in [1.82, 2.24) is 0 Å². The number of rotatable bonds is 6. The monoisotopic (exact) mass is 321 g/mol. The molecule has 0 bridgehead atoms. The first kappa shape index (κ1) is 16.4. The highest BCUT2D eigenvalue weighted by atomic mass is 16.2. The first-order chi connectivity index (χ1) is 11.7. The number of aryl methyl sites for hydroxylation is 3. The van der Waals surface area contributed by atoms with Crippen molar-refractivity contribution in [3.63, 3.8) is 0 Å². The van der Waals surface area contributed by atoms with Gasteiger partial charge >= 0.3 is 0 Å². The van der Waals surface area contributed by atoms with Crippen LogP contribution >= 0.6 is 0 Å². The number of amides is 1. The van der Waals surface area contributed by atoms with Crippen LogP contribution in [0.15, 0.2) is 42.5 Å². The average Bonchev–Trinajstić information content (AvgIpc) is 3.08. The molecular formula is C21H23NO2. The molecule has 24 heavy (non-hydrogen) atoms. The molecule has 0 saturated heterocycles. The first-order valence-electron chi connectivity index (χ1n) is 8.69. The third kappa shape index (κ3) is 3.91. The fraction of sp³-hybridized carbons (Fsp3) is 0.333. The number of fused-ring (bicyclic) bond motifs is 1. The van der Waals surface area contributed by atoms with E-state index in [1.807, 2.05) is 36.4 Å². The van der Waals surface area contributed by atoms with Crippen LogP contribution in [0.5, 0.6) is 0 Å². The van der Waals surface area contributed by atoms with Crippen LogP contribution in [0.1, 0.15) is 53.2 Å². The second kappa shape index (κ2) is 7.43. The molecule has 0 saturated carbocycles. The molecule has 1 aliphatic carbocycles. The van der Waals surface area contributed by atoms with Gasteiger partial charge in [0.05, 0.1) is 0 Å². The van der Waals surface area contributed by atoms with E-state index >= 15 is 0 Å². The first-order valence-corrected chi connectivity index (χ1v) is 8.69. The summed E-state index contributed by atoms with van der Waals surface area (Å²) in [5.41, 5.74) is 5.40. The van der Waals surface area contributed by atoms with Crippen molar-refractivity contribution >= 4 is 17.4 Å². The predicted octanol–water partition coefficient (Wildman–Crippen LogP) is 4.34. The zero-order valence-corrected chi connectivity index (χ0v) is 14.1. The third-order valence-corrected chi connectivity index (χ3v) is 4.65. The van der Waals surface area contributed by atoms with E-state index in [4.69, 9.17) is 0 Å². The molecule has 0 unspecified atom stereocenters. The summed E-state index contributed by atoms with van der Waals surface area (Å²) < 4.78 is 0. The average molecular weight is 321 g/mol. The van der Waals surface area contributed by atoms with Gasteiger partial charge in [0.2, 0.25) is 5.91 Å². The SMILES string of the molecule is CCc1ccc(NC(=O)CCC(=O)c2ccc3c(c2)CCC3)cc1. The van der Waals surface area contributed by atoms with Crippen molar-refractivity contribution in [2.45, 2.75) is 45.4 Å². The van der Waals surface area contributed by atoms with Crippen LogP contribution in [0.2, 0.25) is 0 Å². The molecule has 0 fully saturated rings. The van der Waals surface area contributed by atoms with Crippen LogP contribution in [0, 0.1) is 0 Å². The van der Waals surface area contributed by atoms with E-state index in [-0.39, 0.29) is 24.5 Å². The van der Waals surface area contributed by atoms with Crippen LogP contribution < -0.4 is 5.32 Å². The number of carbonyl (C=O) groups is 2. The molecular weight excluding hydrogens is 298 g/mol. The van der Waals surface area contributed by atoms with E-state index < -0.39 is 0 Å². The van der Waals surface area contributed by atoms with E-state index in [1.54, 1.807) is 0 Å². The Morgan fingerprint density at radius 1 is 0.958 bits per heavy atom. The van der Waals surface area contributed by atoms with Crippen molar-refractivity contribution in [2.24, 2.45) is 0 Å². The molecule has 3 nitrogen and oxygen atoms in total. The van der Waals surface area contributed by atoms with Gasteiger partial charge in [-0.2, -0.15) is 0 Å². The zero-order valence-electron chi connectivity index (χ0n) is 14.1. The van der Waals surface area contributed by atoms with E-state index in [0.29, 0.717) is 0 Å². The second-order valence-electron chi connectivity index (χ2n) is 6.36. The summed E-state index contributed by atoms with van der Waals surface area (Å²) in [6.45, 7) is 2.10. The number of ketones is 1. The minimum Gasteiger partial charge on any atom is -0.326 e. The summed E-state index contributed by atoms with van der Waals surface area (Å²) >= 11 is 0. The van der Waals surface area contributed by atoms with Gasteiger partial charge in [0.15, 0.2) is 5.78 Å². The molecule has 0 spiro atoms. The van der Waals surface area contributed by atoms with Crippen LogP contribution in [-0.2, 0) is 24.1 Å². The van der Waals surface area contributed by atoms with Gasteiger partial charge in [0, 0.05) is 24.1 Å². The highest BCUT2D eigenvalue weighted by molar-refractivity contribution is 6.00. The highest BCUT2D eigenvalue weighted by Gasteiger charge is 2.15. The Morgan fingerprint density at radius 2 is 1.71 bits per heavy atom. The van der Waals surface area contributed by atoms with Gasteiger partial charge in [-0.3, -0.25) is 9.59 Å².